The number of para-hydroxylation sites is 2. The molecular weight excluding hydrogens is 398 g/mol. The smallest absolute Gasteiger partial charge is 0.258 e. The Kier molecular flexibility index (Phi) is 5.55. The van der Waals surface area contributed by atoms with Gasteiger partial charge in [0.15, 0.2) is 11.6 Å². The Hall–Kier alpha value is -3.54. The summed E-state index contributed by atoms with van der Waals surface area (Å²) >= 11 is 0. The average Bonchev–Trinajstić information content (AvgIpc) is 2.76. The monoisotopic (exact) mass is 420 g/mol. The van der Waals surface area contributed by atoms with Crippen LogP contribution in [0, 0.1) is 11.6 Å². The predicted molar refractivity (Wildman–Crippen MR) is 116 cm³/mol. The topological polar surface area (TPSA) is 40.6 Å². The molecule has 4 rings (SSSR count). The molecule has 0 fully saturated rings. The summed E-state index contributed by atoms with van der Waals surface area (Å²) in [4.78, 5) is 29.3. The van der Waals surface area contributed by atoms with Crippen LogP contribution in [0.15, 0.2) is 72.8 Å². The molecule has 4 nitrogen and oxygen atoms in total. The summed E-state index contributed by atoms with van der Waals surface area (Å²) in [7, 11) is 0. The van der Waals surface area contributed by atoms with Gasteiger partial charge in [0.2, 0.25) is 5.91 Å². The van der Waals surface area contributed by atoms with Crippen LogP contribution in [0.5, 0.6) is 0 Å². The summed E-state index contributed by atoms with van der Waals surface area (Å²) in [6.45, 7) is 3.42. The highest BCUT2D eigenvalue weighted by atomic mass is 19.2. The molecule has 2 amide bonds. The zero-order valence-electron chi connectivity index (χ0n) is 17.3. The van der Waals surface area contributed by atoms with Crippen LogP contribution in [-0.2, 0) is 4.79 Å². The Balaban J connectivity index is 1.78. The van der Waals surface area contributed by atoms with Crippen molar-refractivity contribution in [2.24, 2.45) is 0 Å². The molecule has 1 heterocycles. The molecule has 3 aromatic carbocycles. The van der Waals surface area contributed by atoms with E-state index in [0.717, 1.165) is 23.4 Å². The van der Waals surface area contributed by atoms with Gasteiger partial charge in [-0.1, -0.05) is 36.4 Å². The third-order valence-corrected chi connectivity index (χ3v) is 5.63. The maximum absolute atomic E-state index is 13.8. The molecule has 3 aromatic rings. The molecular formula is C25H22F2N2O2. The summed E-state index contributed by atoms with van der Waals surface area (Å²) in [6, 6.07) is 19.4. The van der Waals surface area contributed by atoms with Crippen molar-refractivity contribution in [2.45, 2.75) is 32.4 Å². The normalized spacial score (nSPS) is 17.7. The molecule has 0 unspecified atom stereocenters. The molecule has 1 aliphatic heterocycles. The van der Waals surface area contributed by atoms with E-state index in [4.69, 9.17) is 0 Å². The predicted octanol–water partition coefficient (Wildman–Crippen LogP) is 5.50. The Morgan fingerprint density at radius 3 is 2.29 bits per heavy atom. The molecule has 0 bridgehead atoms. The first-order valence-electron chi connectivity index (χ1n) is 10.1. The van der Waals surface area contributed by atoms with E-state index in [2.05, 4.69) is 0 Å². The molecule has 0 N–H and O–H groups in total. The molecule has 0 saturated heterocycles. The highest BCUT2D eigenvalue weighted by molar-refractivity contribution is 6.07. The molecule has 158 valence electrons. The lowest BCUT2D eigenvalue weighted by Crippen LogP contribution is -2.47. The van der Waals surface area contributed by atoms with Crippen LogP contribution in [0.3, 0.4) is 0 Å². The number of amides is 2. The van der Waals surface area contributed by atoms with Crippen molar-refractivity contribution >= 4 is 23.2 Å². The van der Waals surface area contributed by atoms with E-state index in [1.807, 2.05) is 61.5 Å². The quantitative estimate of drug-likeness (QED) is 0.562. The molecule has 2 atom stereocenters. The van der Waals surface area contributed by atoms with Gasteiger partial charge < -0.3 is 9.80 Å². The number of anilines is 2. The first kappa shape index (κ1) is 20.7. The maximum atomic E-state index is 13.8. The van der Waals surface area contributed by atoms with E-state index < -0.39 is 17.5 Å². The van der Waals surface area contributed by atoms with Gasteiger partial charge in [0.25, 0.3) is 5.91 Å². The van der Waals surface area contributed by atoms with Crippen LogP contribution >= 0.6 is 0 Å². The summed E-state index contributed by atoms with van der Waals surface area (Å²) in [5.41, 5.74) is 2.34. The Morgan fingerprint density at radius 2 is 1.61 bits per heavy atom. The lowest BCUT2D eigenvalue weighted by molar-refractivity contribution is -0.117. The largest absolute Gasteiger partial charge is 0.305 e. The zero-order chi connectivity index (χ0) is 22.1. The summed E-state index contributed by atoms with van der Waals surface area (Å²) in [5.74, 6) is -2.57. The van der Waals surface area contributed by atoms with Crippen molar-refractivity contribution < 1.29 is 18.4 Å². The second kappa shape index (κ2) is 8.30. The van der Waals surface area contributed by atoms with Crippen molar-refractivity contribution in [3.05, 3.63) is 95.6 Å². The summed E-state index contributed by atoms with van der Waals surface area (Å²) in [5, 5.41) is 0. The van der Waals surface area contributed by atoms with Crippen molar-refractivity contribution in [3.8, 4) is 0 Å². The van der Waals surface area contributed by atoms with E-state index >= 15 is 0 Å². The van der Waals surface area contributed by atoms with Gasteiger partial charge in [-0.25, -0.2) is 8.78 Å². The van der Waals surface area contributed by atoms with Crippen molar-refractivity contribution in [2.75, 3.05) is 9.80 Å². The Morgan fingerprint density at radius 1 is 0.935 bits per heavy atom. The van der Waals surface area contributed by atoms with E-state index in [-0.39, 0.29) is 23.6 Å². The van der Waals surface area contributed by atoms with E-state index in [1.165, 1.54) is 13.0 Å². The second-order valence-corrected chi connectivity index (χ2v) is 7.69. The van der Waals surface area contributed by atoms with Crippen LogP contribution in [-0.4, -0.2) is 17.9 Å². The first-order chi connectivity index (χ1) is 14.9. The maximum Gasteiger partial charge on any atom is 0.258 e. The van der Waals surface area contributed by atoms with Crippen molar-refractivity contribution in [3.63, 3.8) is 0 Å². The summed E-state index contributed by atoms with van der Waals surface area (Å²) in [6.07, 6.45) is 0.501. The van der Waals surface area contributed by atoms with Crippen LogP contribution in [0.2, 0.25) is 0 Å². The van der Waals surface area contributed by atoms with Crippen LogP contribution in [0.4, 0.5) is 20.2 Å². The Bertz CT molecular complexity index is 1130. The van der Waals surface area contributed by atoms with Crippen molar-refractivity contribution in [1.82, 2.24) is 0 Å². The zero-order valence-corrected chi connectivity index (χ0v) is 17.3. The lowest BCUT2D eigenvalue weighted by atomic mass is 9.89. The molecule has 0 aliphatic carbocycles. The fraction of sp³-hybridized carbons (Fsp3) is 0.200. The van der Waals surface area contributed by atoms with Crippen molar-refractivity contribution in [1.29, 1.82) is 0 Å². The minimum absolute atomic E-state index is 0.0745. The highest BCUT2D eigenvalue weighted by Gasteiger charge is 2.38. The molecule has 0 saturated carbocycles. The van der Waals surface area contributed by atoms with Crippen LogP contribution in [0.1, 0.15) is 42.2 Å². The van der Waals surface area contributed by atoms with E-state index in [0.29, 0.717) is 12.1 Å². The molecule has 0 radical (unpaired) electrons. The minimum Gasteiger partial charge on any atom is -0.305 e. The minimum atomic E-state index is -1.06. The van der Waals surface area contributed by atoms with Gasteiger partial charge in [0, 0.05) is 29.9 Å². The van der Waals surface area contributed by atoms with Gasteiger partial charge in [-0.3, -0.25) is 9.59 Å². The summed E-state index contributed by atoms with van der Waals surface area (Å²) < 4.78 is 27.1. The van der Waals surface area contributed by atoms with Crippen LogP contribution < -0.4 is 9.80 Å². The number of benzene rings is 3. The second-order valence-electron chi connectivity index (χ2n) is 7.69. The SMILES string of the molecule is CC(=O)N(c1ccccc1)[C@H]1C[C@@H](C)N(C(=O)c2ccc(F)c(F)c2)c2ccccc21. The highest BCUT2D eigenvalue weighted by Crippen LogP contribution is 2.42. The van der Waals surface area contributed by atoms with Crippen LogP contribution in [0.25, 0.3) is 0 Å². The number of fused-ring (bicyclic) bond motifs is 1. The third-order valence-electron chi connectivity index (χ3n) is 5.63. The number of halogens is 2. The third kappa shape index (κ3) is 3.81. The Labute approximate surface area is 179 Å². The fourth-order valence-electron chi connectivity index (χ4n) is 4.27. The van der Waals surface area contributed by atoms with Gasteiger partial charge in [0.1, 0.15) is 0 Å². The standard InChI is InChI=1S/C25H22F2N2O2/c1-16-14-24(29(17(2)30)19-8-4-3-5-9-19)20-10-6-7-11-23(20)28(16)25(31)18-12-13-21(26)22(27)15-18/h3-13,15-16,24H,14H2,1-2H3/t16-,24+/m1/s1. The van der Waals surface area contributed by atoms with Gasteiger partial charge >= 0.3 is 0 Å². The number of hydrogen-bond donors (Lipinski definition) is 0. The van der Waals surface area contributed by atoms with E-state index in [1.54, 1.807) is 9.80 Å². The average molecular weight is 420 g/mol. The number of carbonyl (C=O) groups is 2. The number of rotatable bonds is 3. The van der Waals surface area contributed by atoms with Gasteiger partial charge in [-0.15, -0.1) is 0 Å². The van der Waals surface area contributed by atoms with Gasteiger partial charge in [0.05, 0.1) is 6.04 Å². The molecule has 1 aliphatic rings. The van der Waals surface area contributed by atoms with E-state index in [9.17, 15) is 18.4 Å². The number of nitrogens with zero attached hydrogens (tertiary/aromatic N) is 2. The number of carbonyl (C=O) groups excluding carboxylic acids is 2. The number of hydrogen-bond acceptors (Lipinski definition) is 2. The molecule has 0 aromatic heterocycles. The molecule has 6 heteroatoms. The molecule has 31 heavy (non-hydrogen) atoms. The van der Waals surface area contributed by atoms with Gasteiger partial charge in [-0.2, -0.15) is 0 Å². The fourth-order valence-corrected chi connectivity index (χ4v) is 4.27. The van der Waals surface area contributed by atoms with Gasteiger partial charge in [-0.05, 0) is 55.3 Å². The first-order valence-corrected chi connectivity index (χ1v) is 10.1. The molecule has 0 spiro atoms. The lowest BCUT2D eigenvalue weighted by Gasteiger charge is -2.43.